The van der Waals surface area contributed by atoms with Crippen LogP contribution in [0.2, 0.25) is 0 Å². The van der Waals surface area contributed by atoms with Gasteiger partial charge in [-0.3, -0.25) is 9.78 Å². The van der Waals surface area contributed by atoms with Gasteiger partial charge >= 0.3 is 0 Å². The quantitative estimate of drug-likeness (QED) is 0.897. The van der Waals surface area contributed by atoms with Crippen LogP contribution in [0.3, 0.4) is 0 Å². The van der Waals surface area contributed by atoms with Crippen LogP contribution in [-0.4, -0.2) is 63.1 Å². The van der Waals surface area contributed by atoms with Gasteiger partial charge in [-0.15, -0.1) is 11.3 Å². The van der Waals surface area contributed by atoms with Gasteiger partial charge in [-0.1, -0.05) is 0 Å². The van der Waals surface area contributed by atoms with Crippen molar-refractivity contribution in [2.24, 2.45) is 0 Å². The molecule has 8 heteroatoms. The van der Waals surface area contributed by atoms with Crippen LogP contribution in [0.5, 0.6) is 0 Å². The predicted octanol–water partition coefficient (Wildman–Crippen LogP) is 0.955. The summed E-state index contributed by atoms with van der Waals surface area (Å²) in [6.45, 7) is 3.22. The van der Waals surface area contributed by atoms with E-state index in [1.54, 1.807) is 36.0 Å². The van der Waals surface area contributed by atoms with E-state index in [1.165, 1.54) is 11.3 Å². The molecule has 1 saturated heterocycles. The number of anilines is 1. The summed E-state index contributed by atoms with van der Waals surface area (Å²) < 4.78 is 0. The van der Waals surface area contributed by atoms with E-state index in [4.69, 9.17) is 0 Å². The highest BCUT2D eigenvalue weighted by Gasteiger charge is 2.38. The maximum Gasteiger partial charge on any atom is 0.265 e. The first-order valence-corrected chi connectivity index (χ1v) is 8.25. The average molecular weight is 333 g/mol. The van der Waals surface area contributed by atoms with Crippen molar-refractivity contribution in [1.82, 2.24) is 19.9 Å². The number of likely N-dealkylation sites (N-methyl/N-ethyl adjacent to an activating group) is 1. The Hall–Kier alpha value is -2.06. The van der Waals surface area contributed by atoms with Crippen molar-refractivity contribution < 1.29 is 9.90 Å². The fraction of sp³-hybridized carbons (Fsp3) is 0.467. The minimum atomic E-state index is -0.944. The molecule has 0 saturated carbocycles. The molecule has 2 aromatic rings. The maximum atomic E-state index is 12.5. The van der Waals surface area contributed by atoms with Crippen LogP contribution >= 0.6 is 11.3 Å². The molecule has 1 fully saturated rings. The molecule has 1 N–H and O–H groups in total. The normalized spacial score (nSPS) is 20.7. The van der Waals surface area contributed by atoms with Crippen LogP contribution < -0.4 is 4.90 Å². The van der Waals surface area contributed by atoms with Crippen molar-refractivity contribution in [2.45, 2.75) is 18.9 Å². The highest BCUT2D eigenvalue weighted by atomic mass is 32.1. The number of aromatic nitrogens is 3. The molecule has 0 aliphatic carbocycles. The number of hydrogen-bond donors (Lipinski definition) is 1. The van der Waals surface area contributed by atoms with Gasteiger partial charge < -0.3 is 14.9 Å². The molecule has 1 amide bonds. The van der Waals surface area contributed by atoms with Gasteiger partial charge in [-0.2, -0.15) is 0 Å². The van der Waals surface area contributed by atoms with E-state index in [0.29, 0.717) is 24.4 Å². The van der Waals surface area contributed by atoms with Crippen molar-refractivity contribution in [2.75, 3.05) is 31.6 Å². The minimum absolute atomic E-state index is 0.101. The summed E-state index contributed by atoms with van der Waals surface area (Å²) in [5, 5.41) is 10.8. The van der Waals surface area contributed by atoms with E-state index in [2.05, 4.69) is 15.0 Å². The summed E-state index contributed by atoms with van der Waals surface area (Å²) in [5.41, 5.74) is 1.45. The molecule has 0 spiro atoms. The molecule has 0 aromatic carbocycles. The number of rotatable bonds is 4. The molecular weight excluding hydrogens is 314 g/mol. The van der Waals surface area contributed by atoms with Crippen LogP contribution in [0.25, 0.3) is 0 Å². The molecule has 2 aromatic heterocycles. The van der Waals surface area contributed by atoms with Crippen LogP contribution in [0.4, 0.5) is 5.82 Å². The Balaban J connectivity index is 1.66. The van der Waals surface area contributed by atoms with Gasteiger partial charge in [0.15, 0.2) is 0 Å². The standard InChI is InChI=1S/C15H19N5O2S/c1-11-13(23-10-18-11)14(21)19(2)8-15(22)3-6-20(9-15)12-7-16-4-5-17-12/h4-5,7,10,22H,3,6,8-9H2,1-2H3/t15-/m0/s1. The molecule has 1 atom stereocenters. The number of aliphatic hydroxyl groups is 1. The SMILES string of the molecule is Cc1ncsc1C(=O)N(C)C[C@@]1(O)CCN(c2cnccn2)C1. The largest absolute Gasteiger partial charge is 0.386 e. The van der Waals surface area contributed by atoms with Crippen molar-refractivity contribution in [3.05, 3.63) is 34.7 Å². The van der Waals surface area contributed by atoms with Crippen molar-refractivity contribution >= 4 is 23.1 Å². The summed E-state index contributed by atoms with van der Waals surface area (Å²) >= 11 is 1.33. The molecule has 1 aliphatic rings. The first-order valence-electron chi connectivity index (χ1n) is 7.37. The maximum absolute atomic E-state index is 12.5. The lowest BCUT2D eigenvalue weighted by molar-refractivity contribution is 0.0266. The van der Waals surface area contributed by atoms with Gasteiger partial charge in [-0.05, 0) is 13.3 Å². The molecule has 3 rings (SSSR count). The third-order valence-electron chi connectivity index (χ3n) is 4.02. The number of β-amino-alcohol motifs (C(OH)–C–C–N with tert-alkyl or cyclic N) is 1. The lowest BCUT2D eigenvalue weighted by atomic mass is 10.0. The number of hydrogen-bond acceptors (Lipinski definition) is 7. The first-order chi connectivity index (χ1) is 11.0. The van der Waals surface area contributed by atoms with E-state index in [9.17, 15) is 9.90 Å². The Morgan fingerprint density at radius 1 is 1.48 bits per heavy atom. The van der Waals surface area contributed by atoms with E-state index in [-0.39, 0.29) is 12.5 Å². The van der Waals surface area contributed by atoms with E-state index < -0.39 is 5.60 Å². The van der Waals surface area contributed by atoms with Crippen molar-refractivity contribution in [1.29, 1.82) is 0 Å². The Bertz CT molecular complexity index is 692. The van der Waals surface area contributed by atoms with Crippen LogP contribution in [0.15, 0.2) is 24.1 Å². The van der Waals surface area contributed by atoms with Gasteiger partial charge in [0.05, 0.1) is 23.9 Å². The zero-order valence-electron chi connectivity index (χ0n) is 13.1. The molecule has 23 heavy (non-hydrogen) atoms. The Morgan fingerprint density at radius 2 is 2.30 bits per heavy atom. The number of thiazole rings is 1. The van der Waals surface area contributed by atoms with E-state index in [1.807, 2.05) is 11.8 Å². The lowest BCUT2D eigenvalue weighted by Gasteiger charge is -2.29. The second kappa shape index (κ2) is 6.21. The van der Waals surface area contributed by atoms with Gasteiger partial charge in [0.2, 0.25) is 0 Å². The first kappa shape index (κ1) is 15.8. The van der Waals surface area contributed by atoms with Gasteiger partial charge in [0.25, 0.3) is 5.91 Å². The number of carbonyl (C=O) groups excluding carboxylic acids is 1. The third-order valence-corrected chi connectivity index (χ3v) is 4.94. The number of aryl methyl sites for hydroxylation is 1. The molecule has 7 nitrogen and oxygen atoms in total. The van der Waals surface area contributed by atoms with Crippen molar-refractivity contribution in [3.8, 4) is 0 Å². The molecule has 122 valence electrons. The second-order valence-corrected chi connectivity index (χ2v) is 6.74. The summed E-state index contributed by atoms with van der Waals surface area (Å²) in [7, 11) is 1.71. The summed E-state index contributed by atoms with van der Waals surface area (Å²) in [6.07, 6.45) is 5.52. The van der Waals surface area contributed by atoms with Crippen LogP contribution in [0.1, 0.15) is 21.8 Å². The van der Waals surface area contributed by atoms with Gasteiger partial charge in [0, 0.05) is 32.5 Å². The highest BCUT2D eigenvalue weighted by molar-refractivity contribution is 7.11. The van der Waals surface area contributed by atoms with Crippen LogP contribution in [-0.2, 0) is 0 Å². The molecule has 3 heterocycles. The Morgan fingerprint density at radius 3 is 2.96 bits per heavy atom. The van der Waals surface area contributed by atoms with Gasteiger partial charge in [0.1, 0.15) is 16.3 Å². The molecule has 0 radical (unpaired) electrons. The van der Waals surface area contributed by atoms with E-state index in [0.717, 1.165) is 11.5 Å². The zero-order valence-corrected chi connectivity index (χ0v) is 14.0. The third kappa shape index (κ3) is 3.32. The molecule has 0 unspecified atom stereocenters. The Labute approximate surface area is 138 Å². The average Bonchev–Trinajstić information content (AvgIpc) is 3.13. The van der Waals surface area contributed by atoms with Gasteiger partial charge in [-0.25, -0.2) is 9.97 Å². The second-order valence-electron chi connectivity index (χ2n) is 5.89. The number of nitrogens with zero attached hydrogens (tertiary/aromatic N) is 5. The molecule has 0 bridgehead atoms. The fourth-order valence-electron chi connectivity index (χ4n) is 2.83. The van der Waals surface area contributed by atoms with Crippen LogP contribution in [0, 0.1) is 6.92 Å². The fourth-order valence-corrected chi connectivity index (χ4v) is 3.63. The van der Waals surface area contributed by atoms with Crippen molar-refractivity contribution in [3.63, 3.8) is 0 Å². The molecule has 1 aliphatic heterocycles. The predicted molar refractivity (Wildman–Crippen MR) is 87.6 cm³/mol. The zero-order chi connectivity index (χ0) is 16.4. The lowest BCUT2D eigenvalue weighted by Crippen LogP contribution is -2.45. The molecular formula is C15H19N5O2S. The number of amides is 1. The Kier molecular flexibility index (Phi) is 4.27. The monoisotopic (exact) mass is 333 g/mol. The summed E-state index contributed by atoms with van der Waals surface area (Å²) in [6, 6.07) is 0. The van der Waals surface area contributed by atoms with E-state index >= 15 is 0 Å². The number of carbonyl (C=O) groups is 1. The topological polar surface area (TPSA) is 82.5 Å². The highest BCUT2D eigenvalue weighted by Crippen LogP contribution is 2.26. The summed E-state index contributed by atoms with van der Waals surface area (Å²) in [4.78, 5) is 29.1. The minimum Gasteiger partial charge on any atom is -0.386 e. The smallest absolute Gasteiger partial charge is 0.265 e. The summed E-state index contributed by atoms with van der Waals surface area (Å²) in [5.74, 6) is 0.645.